The Morgan fingerprint density at radius 3 is 2.35 bits per heavy atom. The van der Waals surface area contributed by atoms with Crippen LogP contribution in [0.15, 0.2) is 30.3 Å². The van der Waals surface area contributed by atoms with E-state index in [1.165, 1.54) is 50.5 Å². The average Bonchev–Trinajstić information content (AvgIpc) is 2.77. The zero-order valence-electron chi connectivity index (χ0n) is 13.1. The topological polar surface area (TPSA) is 12.0 Å². The Balaban J connectivity index is 1.76. The first-order valence-corrected chi connectivity index (χ1v) is 8.48. The summed E-state index contributed by atoms with van der Waals surface area (Å²) < 4.78 is 0. The van der Waals surface area contributed by atoms with Crippen LogP contribution in [0.4, 0.5) is 0 Å². The molecule has 110 valence electrons. The summed E-state index contributed by atoms with van der Waals surface area (Å²) in [6.07, 6.45) is 9.72. The van der Waals surface area contributed by atoms with Crippen LogP contribution < -0.4 is 5.32 Å². The maximum Gasteiger partial charge on any atom is 0.0189 e. The fraction of sp³-hybridized carbons (Fsp3) is 0.684. The molecule has 1 nitrogen and oxygen atoms in total. The molecule has 20 heavy (non-hydrogen) atoms. The zero-order valence-corrected chi connectivity index (χ0v) is 13.1. The SMILES string of the molecule is CC1(C)CC[C@@H](c2ccccc2)[C@@H]1NC1CCCCC1. The van der Waals surface area contributed by atoms with E-state index in [1.54, 1.807) is 0 Å². The van der Waals surface area contributed by atoms with E-state index in [2.05, 4.69) is 49.5 Å². The lowest BCUT2D eigenvalue weighted by Gasteiger charge is -2.37. The molecular weight excluding hydrogens is 242 g/mol. The smallest absolute Gasteiger partial charge is 0.0189 e. The summed E-state index contributed by atoms with van der Waals surface area (Å²) in [6, 6.07) is 12.6. The van der Waals surface area contributed by atoms with Crippen molar-refractivity contribution in [2.24, 2.45) is 5.41 Å². The van der Waals surface area contributed by atoms with Gasteiger partial charge in [0.05, 0.1) is 0 Å². The summed E-state index contributed by atoms with van der Waals surface area (Å²) in [5.41, 5.74) is 1.96. The molecule has 0 radical (unpaired) electrons. The number of nitrogens with one attached hydrogen (secondary N) is 1. The van der Waals surface area contributed by atoms with Gasteiger partial charge in [-0.15, -0.1) is 0 Å². The summed E-state index contributed by atoms with van der Waals surface area (Å²) in [5.74, 6) is 0.702. The van der Waals surface area contributed by atoms with E-state index < -0.39 is 0 Å². The van der Waals surface area contributed by atoms with Gasteiger partial charge in [0.25, 0.3) is 0 Å². The van der Waals surface area contributed by atoms with E-state index in [1.807, 2.05) is 0 Å². The molecule has 1 N–H and O–H groups in total. The van der Waals surface area contributed by atoms with Crippen LogP contribution in [-0.4, -0.2) is 12.1 Å². The summed E-state index contributed by atoms with van der Waals surface area (Å²) in [7, 11) is 0. The van der Waals surface area contributed by atoms with Gasteiger partial charge in [-0.05, 0) is 42.6 Å². The monoisotopic (exact) mass is 271 g/mol. The molecular formula is C19H29N. The van der Waals surface area contributed by atoms with Gasteiger partial charge in [-0.1, -0.05) is 63.4 Å². The lowest BCUT2D eigenvalue weighted by molar-refractivity contribution is 0.227. The molecule has 3 rings (SSSR count). The lowest BCUT2D eigenvalue weighted by atomic mass is 9.81. The molecule has 0 amide bonds. The van der Waals surface area contributed by atoms with Crippen molar-refractivity contribution in [1.82, 2.24) is 5.32 Å². The molecule has 2 fully saturated rings. The van der Waals surface area contributed by atoms with Crippen molar-refractivity contribution in [2.45, 2.75) is 76.8 Å². The van der Waals surface area contributed by atoms with E-state index in [9.17, 15) is 0 Å². The second kappa shape index (κ2) is 5.89. The zero-order chi connectivity index (χ0) is 14.0. The summed E-state index contributed by atoms with van der Waals surface area (Å²) in [4.78, 5) is 0. The van der Waals surface area contributed by atoms with E-state index in [0.29, 0.717) is 17.4 Å². The van der Waals surface area contributed by atoms with Crippen LogP contribution in [0.5, 0.6) is 0 Å². The highest BCUT2D eigenvalue weighted by atomic mass is 15.0. The number of hydrogen-bond acceptors (Lipinski definition) is 1. The van der Waals surface area contributed by atoms with E-state index in [0.717, 1.165) is 6.04 Å². The normalized spacial score (nSPS) is 30.5. The number of hydrogen-bond donors (Lipinski definition) is 1. The Morgan fingerprint density at radius 2 is 1.65 bits per heavy atom. The number of rotatable bonds is 3. The Kier molecular flexibility index (Phi) is 4.16. The van der Waals surface area contributed by atoms with Crippen molar-refractivity contribution in [2.75, 3.05) is 0 Å². The molecule has 0 heterocycles. The molecule has 2 atom stereocenters. The Hall–Kier alpha value is -0.820. The van der Waals surface area contributed by atoms with Gasteiger partial charge in [-0.3, -0.25) is 0 Å². The molecule has 0 bridgehead atoms. The van der Waals surface area contributed by atoms with Crippen LogP contribution in [0, 0.1) is 5.41 Å². The molecule has 0 aromatic heterocycles. The van der Waals surface area contributed by atoms with Crippen molar-refractivity contribution in [1.29, 1.82) is 0 Å². The first-order valence-electron chi connectivity index (χ1n) is 8.48. The minimum atomic E-state index is 0.429. The first-order chi connectivity index (χ1) is 9.67. The van der Waals surface area contributed by atoms with Gasteiger partial charge >= 0.3 is 0 Å². The maximum atomic E-state index is 4.06. The van der Waals surface area contributed by atoms with Crippen molar-refractivity contribution >= 4 is 0 Å². The fourth-order valence-corrected chi connectivity index (χ4v) is 4.32. The predicted octanol–water partition coefficient (Wildman–Crippen LogP) is 4.88. The molecule has 0 saturated heterocycles. The Morgan fingerprint density at radius 1 is 0.950 bits per heavy atom. The lowest BCUT2D eigenvalue weighted by Crippen LogP contribution is -2.47. The van der Waals surface area contributed by atoms with Crippen LogP contribution >= 0.6 is 0 Å². The largest absolute Gasteiger partial charge is 0.310 e. The molecule has 0 unspecified atom stereocenters. The van der Waals surface area contributed by atoms with Crippen LogP contribution in [0.25, 0.3) is 0 Å². The van der Waals surface area contributed by atoms with Crippen molar-refractivity contribution in [3.63, 3.8) is 0 Å². The van der Waals surface area contributed by atoms with Crippen molar-refractivity contribution in [3.8, 4) is 0 Å². The van der Waals surface area contributed by atoms with Crippen molar-refractivity contribution in [3.05, 3.63) is 35.9 Å². The van der Waals surface area contributed by atoms with Gasteiger partial charge in [-0.2, -0.15) is 0 Å². The molecule has 1 heteroatoms. The van der Waals surface area contributed by atoms with Gasteiger partial charge in [0.1, 0.15) is 0 Å². The van der Waals surface area contributed by atoms with Crippen LogP contribution in [0.2, 0.25) is 0 Å². The molecule has 0 aliphatic heterocycles. The fourth-order valence-electron chi connectivity index (χ4n) is 4.32. The molecule has 2 aliphatic rings. The van der Waals surface area contributed by atoms with E-state index in [-0.39, 0.29) is 0 Å². The van der Waals surface area contributed by atoms with E-state index >= 15 is 0 Å². The van der Waals surface area contributed by atoms with E-state index in [4.69, 9.17) is 0 Å². The predicted molar refractivity (Wildman–Crippen MR) is 86.0 cm³/mol. The molecule has 1 aromatic rings. The van der Waals surface area contributed by atoms with Crippen LogP contribution in [-0.2, 0) is 0 Å². The maximum absolute atomic E-state index is 4.06. The Bertz CT molecular complexity index is 417. The highest BCUT2D eigenvalue weighted by Crippen LogP contribution is 2.46. The minimum absolute atomic E-state index is 0.429. The molecule has 2 aliphatic carbocycles. The second-order valence-electron chi connectivity index (χ2n) is 7.52. The van der Waals surface area contributed by atoms with Gasteiger partial charge in [0, 0.05) is 12.1 Å². The quantitative estimate of drug-likeness (QED) is 0.826. The van der Waals surface area contributed by atoms with Gasteiger partial charge < -0.3 is 5.32 Å². The third-order valence-electron chi connectivity index (χ3n) is 5.59. The summed E-state index contributed by atoms with van der Waals surface area (Å²) in [5, 5.41) is 4.06. The molecule has 2 saturated carbocycles. The van der Waals surface area contributed by atoms with Crippen LogP contribution in [0.3, 0.4) is 0 Å². The minimum Gasteiger partial charge on any atom is -0.310 e. The summed E-state index contributed by atoms with van der Waals surface area (Å²) in [6.45, 7) is 4.91. The Labute approximate surface area is 124 Å². The van der Waals surface area contributed by atoms with Gasteiger partial charge in [0.15, 0.2) is 0 Å². The highest BCUT2D eigenvalue weighted by Gasteiger charge is 2.43. The standard InChI is InChI=1S/C19H29N/c1-19(2)14-13-17(15-9-5-3-6-10-15)18(19)20-16-11-7-4-8-12-16/h3,5-6,9-10,16-18,20H,4,7-8,11-14H2,1-2H3/t17-,18-/m0/s1. The second-order valence-corrected chi connectivity index (χ2v) is 7.52. The first kappa shape index (κ1) is 14.1. The summed E-state index contributed by atoms with van der Waals surface area (Å²) >= 11 is 0. The number of benzene rings is 1. The third kappa shape index (κ3) is 2.93. The highest BCUT2D eigenvalue weighted by molar-refractivity contribution is 5.24. The van der Waals surface area contributed by atoms with Gasteiger partial charge in [-0.25, -0.2) is 0 Å². The van der Waals surface area contributed by atoms with Gasteiger partial charge in [0.2, 0.25) is 0 Å². The average molecular weight is 271 g/mol. The molecule has 1 aromatic carbocycles. The van der Waals surface area contributed by atoms with Crippen molar-refractivity contribution < 1.29 is 0 Å². The van der Waals surface area contributed by atoms with Crippen LogP contribution in [0.1, 0.15) is 70.3 Å². The molecule has 0 spiro atoms. The third-order valence-corrected chi connectivity index (χ3v) is 5.59.